The molecule has 0 fully saturated rings. The summed E-state index contributed by atoms with van der Waals surface area (Å²) in [6, 6.07) is 15.5. The van der Waals surface area contributed by atoms with Gasteiger partial charge in [-0.05, 0) is 41.5 Å². The van der Waals surface area contributed by atoms with Gasteiger partial charge in [0, 0.05) is 6.54 Å². The van der Waals surface area contributed by atoms with E-state index in [1.165, 1.54) is 4.42 Å². The largest absolute Gasteiger partial charge is 0.480 e. The van der Waals surface area contributed by atoms with Crippen LogP contribution in [0.2, 0.25) is 0 Å². The Morgan fingerprint density at radius 1 is 1.09 bits per heavy atom. The lowest BCUT2D eigenvalue weighted by Gasteiger charge is -2.22. The Morgan fingerprint density at radius 3 is 2.27 bits per heavy atom. The van der Waals surface area contributed by atoms with E-state index < -0.39 is 12.0 Å². The highest BCUT2D eigenvalue weighted by molar-refractivity contribution is 6.14. The van der Waals surface area contributed by atoms with E-state index in [0.29, 0.717) is 12.3 Å². The van der Waals surface area contributed by atoms with Gasteiger partial charge in [0.15, 0.2) is 0 Å². The Hall–Kier alpha value is -1.75. The molecule has 1 atom stereocenters. The van der Waals surface area contributed by atoms with Crippen molar-refractivity contribution in [2.24, 2.45) is 0 Å². The highest BCUT2D eigenvalue weighted by Gasteiger charge is 2.25. The molecule has 0 radical (unpaired) electrons. The lowest BCUT2D eigenvalue weighted by atomic mass is 10.1. The highest BCUT2D eigenvalue weighted by Crippen LogP contribution is 2.18. The van der Waals surface area contributed by atoms with Gasteiger partial charge in [-0.25, -0.2) is 4.42 Å². The third-order valence-electron chi connectivity index (χ3n) is 3.24. The highest BCUT2D eigenvalue weighted by atomic mass is 35.5. The predicted molar refractivity (Wildman–Crippen MR) is 85.9 cm³/mol. The molecule has 0 aliphatic carbocycles. The standard InChI is InChI=1S/C16H15Cl2NO3/c17-19(11-13-4-2-1-3-5-13)15(16(20)21)10-12-6-8-14(22-18)9-7-12/h1-9,15H,10-11H2,(H,20,21)/t15-/m1/s1. The third-order valence-corrected chi connectivity index (χ3v) is 3.77. The summed E-state index contributed by atoms with van der Waals surface area (Å²) >= 11 is 11.4. The first-order chi connectivity index (χ1) is 10.6. The molecule has 2 aromatic rings. The molecule has 116 valence electrons. The van der Waals surface area contributed by atoms with Crippen molar-refractivity contribution in [2.75, 3.05) is 0 Å². The number of aliphatic carboxylic acids is 1. The van der Waals surface area contributed by atoms with E-state index in [1.807, 2.05) is 30.3 Å². The Labute approximate surface area is 139 Å². The van der Waals surface area contributed by atoms with Gasteiger partial charge in [-0.3, -0.25) is 4.79 Å². The molecule has 0 aliphatic rings. The number of halogens is 2. The summed E-state index contributed by atoms with van der Waals surface area (Å²) in [5.74, 6) is -0.465. The van der Waals surface area contributed by atoms with Crippen LogP contribution in [0.3, 0.4) is 0 Å². The van der Waals surface area contributed by atoms with Gasteiger partial charge < -0.3 is 9.40 Å². The number of carbonyl (C=O) groups is 1. The minimum Gasteiger partial charge on any atom is -0.480 e. The number of carboxylic acids is 1. The topological polar surface area (TPSA) is 49.8 Å². The molecule has 4 nitrogen and oxygen atoms in total. The van der Waals surface area contributed by atoms with E-state index in [1.54, 1.807) is 24.3 Å². The van der Waals surface area contributed by atoms with E-state index in [4.69, 9.17) is 23.6 Å². The fraction of sp³-hybridized carbons (Fsp3) is 0.188. The number of hydrogen-bond acceptors (Lipinski definition) is 3. The molecule has 0 heterocycles. The van der Waals surface area contributed by atoms with E-state index in [2.05, 4.69) is 4.29 Å². The van der Waals surface area contributed by atoms with Crippen molar-refractivity contribution in [3.63, 3.8) is 0 Å². The van der Waals surface area contributed by atoms with Crippen molar-refractivity contribution in [1.82, 2.24) is 4.42 Å². The summed E-state index contributed by atoms with van der Waals surface area (Å²) in [4.78, 5) is 11.5. The van der Waals surface area contributed by atoms with Crippen molar-refractivity contribution < 1.29 is 14.2 Å². The molecule has 0 saturated carbocycles. The maximum absolute atomic E-state index is 11.5. The van der Waals surface area contributed by atoms with E-state index >= 15 is 0 Å². The van der Waals surface area contributed by atoms with E-state index in [-0.39, 0.29) is 6.42 Å². The molecule has 6 heteroatoms. The minimum atomic E-state index is -0.969. The Kier molecular flexibility index (Phi) is 6.07. The average Bonchev–Trinajstić information content (AvgIpc) is 2.53. The molecule has 0 unspecified atom stereocenters. The smallest absolute Gasteiger partial charge is 0.322 e. The summed E-state index contributed by atoms with van der Waals surface area (Å²) in [5.41, 5.74) is 1.79. The van der Waals surface area contributed by atoms with Crippen LogP contribution in [0.15, 0.2) is 54.6 Å². The minimum absolute atomic E-state index is 0.286. The van der Waals surface area contributed by atoms with E-state index in [9.17, 15) is 9.90 Å². The molecular formula is C16H15Cl2NO3. The first-order valence-corrected chi connectivity index (χ1v) is 7.31. The van der Waals surface area contributed by atoms with Crippen LogP contribution in [0.4, 0.5) is 0 Å². The van der Waals surface area contributed by atoms with Gasteiger partial charge in [0.05, 0.1) is 0 Å². The van der Waals surface area contributed by atoms with Crippen LogP contribution in [-0.2, 0) is 17.8 Å². The lowest BCUT2D eigenvalue weighted by molar-refractivity contribution is -0.141. The number of hydrogen-bond donors (Lipinski definition) is 1. The SMILES string of the molecule is O=C(O)[C@@H](Cc1ccc(OCl)cc1)N(Cl)Cc1ccccc1. The second-order valence-electron chi connectivity index (χ2n) is 4.82. The maximum atomic E-state index is 11.5. The molecule has 0 spiro atoms. The molecule has 2 rings (SSSR count). The van der Waals surface area contributed by atoms with Crippen LogP contribution in [0.1, 0.15) is 11.1 Å². The van der Waals surface area contributed by atoms with Gasteiger partial charge in [0.1, 0.15) is 23.7 Å². The summed E-state index contributed by atoms with van der Waals surface area (Å²) in [6.07, 6.45) is 0.286. The second kappa shape index (κ2) is 8.03. The zero-order chi connectivity index (χ0) is 15.9. The molecule has 0 aromatic heterocycles. The van der Waals surface area contributed by atoms with Crippen LogP contribution < -0.4 is 4.29 Å². The summed E-state index contributed by atoms with van der Waals surface area (Å²) in [5, 5.41) is 9.41. The van der Waals surface area contributed by atoms with E-state index in [0.717, 1.165) is 11.1 Å². The maximum Gasteiger partial charge on any atom is 0.322 e. The molecule has 0 aliphatic heterocycles. The molecule has 2 aromatic carbocycles. The first kappa shape index (κ1) is 16.6. The Bertz CT molecular complexity index is 605. The zero-order valence-corrected chi connectivity index (χ0v) is 13.2. The molecule has 22 heavy (non-hydrogen) atoms. The van der Waals surface area contributed by atoms with Gasteiger partial charge in [-0.15, -0.1) is 0 Å². The summed E-state index contributed by atoms with van der Waals surface area (Å²) in [6.45, 7) is 0.349. The van der Waals surface area contributed by atoms with Crippen LogP contribution in [0.25, 0.3) is 0 Å². The molecule has 0 amide bonds. The summed E-state index contributed by atoms with van der Waals surface area (Å²) < 4.78 is 5.88. The lowest BCUT2D eigenvalue weighted by Crippen LogP contribution is -2.36. The Morgan fingerprint density at radius 2 is 1.73 bits per heavy atom. The monoisotopic (exact) mass is 339 g/mol. The van der Waals surface area contributed by atoms with Crippen molar-refractivity contribution in [1.29, 1.82) is 0 Å². The molecule has 0 bridgehead atoms. The quantitative estimate of drug-likeness (QED) is 0.778. The predicted octanol–water partition coefficient (Wildman–Crippen LogP) is 3.87. The third kappa shape index (κ3) is 4.63. The van der Waals surface area contributed by atoms with Gasteiger partial charge in [-0.2, -0.15) is 0 Å². The summed E-state index contributed by atoms with van der Waals surface area (Å²) in [7, 11) is 0. The van der Waals surface area contributed by atoms with Gasteiger partial charge in [0.2, 0.25) is 0 Å². The van der Waals surface area contributed by atoms with Gasteiger partial charge >= 0.3 is 5.97 Å². The Balaban J connectivity index is 2.06. The zero-order valence-electron chi connectivity index (χ0n) is 11.7. The first-order valence-electron chi connectivity index (χ1n) is 6.67. The molecule has 1 N–H and O–H groups in total. The van der Waals surface area contributed by atoms with Crippen molar-refractivity contribution in [2.45, 2.75) is 19.0 Å². The number of nitrogens with zero attached hydrogens (tertiary/aromatic N) is 1. The number of benzene rings is 2. The average molecular weight is 340 g/mol. The fourth-order valence-corrected chi connectivity index (χ4v) is 2.47. The van der Waals surface area contributed by atoms with Crippen molar-refractivity contribution in [3.05, 3.63) is 65.7 Å². The number of carboxylic acid groups (broad SMARTS) is 1. The van der Waals surface area contributed by atoms with Crippen LogP contribution in [0, 0.1) is 0 Å². The van der Waals surface area contributed by atoms with Gasteiger partial charge in [-0.1, -0.05) is 42.5 Å². The van der Waals surface area contributed by atoms with Crippen LogP contribution in [0.5, 0.6) is 5.75 Å². The molecular weight excluding hydrogens is 325 g/mol. The van der Waals surface area contributed by atoms with Crippen LogP contribution in [-0.4, -0.2) is 21.5 Å². The normalized spacial score (nSPS) is 12.1. The second-order valence-corrected chi connectivity index (χ2v) is 5.41. The van der Waals surface area contributed by atoms with Gasteiger partial charge in [0.25, 0.3) is 0 Å². The van der Waals surface area contributed by atoms with Crippen molar-refractivity contribution in [3.8, 4) is 5.75 Å². The molecule has 0 saturated heterocycles. The fourth-order valence-electron chi connectivity index (χ4n) is 2.07. The van der Waals surface area contributed by atoms with Crippen LogP contribution >= 0.6 is 23.6 Å². The number of rotatable bonds is 7. The van der Waals surface area contributed by atoms with Crippen molar-refractivity contribution >= 4 is 29.6 Å².